The number of pyridine rings is 1. The average molecular weight is 264 g/mol. The van der Waals surface area contributed by atoms with Crippen LogP contribution in [0.5, 0.6) is 5.88 Å². The number of halogens is 1. The van der Waals surface area contributed by atoms with Gasteiger partial charge >= 0.3 is 0 Å². The molecule has 0 spiro atoms. The lowest BCUT2D eigenvalue weighted by Crippen LogP contribution is -1.98. The normalized spacial score (nSPS) is 10.3. The van der Waals surface area contributed by atoms with Crippen LogP contribution in [0.25, 0.3) is 11.3 Å². The Morgan fingerprint density at radius 2 is 2.00 bits per heavy atom. The van der Waals surface area contributed by atoms with Crippen molar-refractivity contribution in [1.29, 1.82) is 0 Å². The second-order valence-electron chi connectivity index (χ2n) is 3.81. The van der Waals surface area contributed by atoms with Crippen LogP contribution in [0.3, 0.4) is 0 Å². The lowest BCUT2D eigenvalue weighted by molar-refractivity contribution is 0.298. The maximum Gasteiger partial charge on any atom is 0.213 e. The molecule has 5 heteroatoms. The molecule has 2 rings (SSSR count). The highest BCUT2D eigenvalue weighted by molar-refractivity contribution is 6.29. The predicted octanol–water partition coefficient (Wildman–Crippen LogP) is 3.37. The summed E-state index contributed by atoms with van der Waals surface area (Å²) in [5, 5.41) is 0.381. The second-order valence-corrected chi connectivity index (χ2v) is 4.20. The van der Waals surface area contributed by atoms with Gasteiger partial charge < -0.3 is 4.74 Å². The van der Waals surface area contributed by atoms with Crippen molar-refractivity contribution in [2.75, 3.05) is 6.61 Å². The summed E-state index contributed by atoms with van der Waals surface area (Å²) in [6, 6.07) is 3.74. The molecular weight excluding hydrogens is 250 g/mol. The van der Waals surface area contributed by atoms with Gasteiger partial charge in [-0.05, 0) is 12.5 Å². The molecule has 2 heterocycles. The first kappa shape index (κ1) is 12.8. The Morgan fingerprint density at radius 3 is 2.61 bits per heavy atom. The molecule has 4 nitrogen and oxygen atoms in total. The first-order chi connectivity index (χ1) is 8.79. The molecular formula is C13H14ClN3O. The van der Waals surface area contributed by atoms with Crippen molar-refractivity contribution in [3.63, 3.8) is 0 Å². The standard InChI is InChI=1S/C13H14ClN3O/c1-2-3-6-18-13-5-4-10(7-17-13)11-8-16-12(14)9-15-11/h4-5,7-9H,2-3,6H2,1H3. The summed E-state index contributed by atoms with van der Waals surface area (Å²) in [6.45, 7) is 2.82. The van der Waals surface area contributed by atoms with Gasteiger partial charge in [0, 0.05) is 17.8 Å². The van der Waals surface area contributed by atoms with Crippen molar-refractivity contribution in [2.45, 2.75) is 19.8 Å². The van der Waals surface area contributed by atoms with Gasteiger partial charge in [0.1, 0.15) is 5.15 Å². The summed E-state index contributed by atoms with van der Waals surface area (Å²) in [6.07, 6.45) is 7.00. The molecule has 0 aliphatic heterocycles. The van der Waals surface area contributed by atoms with Crippen LogP contribution in [0.2, 0.25) is 5.15 Å². The van der Waals surface area contributed by atoms with Crippen molar-refractivity contribution in [2.24, 2.45) is 0 Å². The fourth-order valence-corrected chi connectivity index (χ4v) is 1.50. The Labute approximate surface area is 111 Å². The van der Waals surface area contributed by atoms with Gasteiger partial charge in [-0.1, -0.05) is 24.9 Å². The Morgan fingerprint density at radius 1 is 1.11 bits per heavy atom. The van der Waals surface area contributed by atoms with Gasteiger partial charge in [0.25, 0.3) is 0 Å². The zero-order chi connectivity index (χ0) is 12.8. The average Bonchev–Trinajstić information content (AvgIpc) is 2.41. The van der Waals surface area contributed by atoms with Gasteiger partial charge in [-0.3, -0.25) is 4.98 Å². The van der Waals surface area contributed by atoms with Crippen LogP contribution in [0, 0.1) is 0 Å². The SMILES string of the molecule is CCCCOc1ccc(-c2cnc(Cl)cn2)cn1. The van der Waals surface area contributed by atoms with E-state index in [1.807, 2.05) is 12.1 Å². The number of aromatic nitrogens is 3. The van der Waals surface area contributed by atoms with Crippen molar-refractivity contribution in [3.8, 4) is 17.1 Å². The molecule has 0 atom stereocenters. The summed E-state index contributed by atoms with van der Waals surface area (Å²) < 4.78 is 5.49. The second kappa shape index (κ2) is 6.31. The van der Waals surface area contributed by atoms with E-state index in [-0.39, 0.29) is 0 Å². The topological polar surface area (TPSA) is 47.9 Å². The molecule has 0 unspecified atom stereocenters. The molecule has 0 amide bonds. The van der Waals surface area contributed by atoms with Crippen LogP contribution in [0.1, 0.15) is 19.8 Å². The lowest BCUT2D eigenvalue weighted by atomic mass is 10.2. The van der Waals surface area contributed by atoms with E-state index in [2.05, 4.69) is 21.9 Å². The van der Waals surface area contributed by atoms with Gasteiger partial charge in [-0.15, -0.1) is 0 Å². The van der Waals surface area contributed by atoms with E-state index in [4.69, 9.17) is 16.3 Å². The van der Waals surface area contributed by atoms with E-state index in [9.17, 15) is 0 Å². The number of ether oxygens (including phenoxy) is 1. The van der Waals surface area contributed by atoms with Crippen molar-refractivity contribution >= 4 is 11.6 Å². The molecule has 0 radical (unpaired) electrons. The fourth-order valence-electron chi connectivity index (χ4n) is 1.40. The summed E-state index contributed by atoms with van der Waals surface area (Å²) >= 11 is 5.69. The Hall–Kier alpha value is -1.68. The molecule has 0 aromatic carbocycles. The smallest absolute Gasteiger partial charge is 0.213 e. The molecule has 0 aliphatic rings. The highest BCUT2D eigenvalue weighted by atomic mass is 35.5. The maximum atomic E-state index is 5.69. The Balaban J connectivity index is 2.05. The zero-order valence-corrected chi connectivity index (χ0v) is 10.9. The molecule has 0 saturated carbocycles. The third-order valence-corrected chi connectivity index (χ3v) is 2.60. The number of nitrogens with zero attached hydrogens (tertiary/aromatic N) is 3. The minimum atomic E-state index is 0.381. The van der Waals surface area contributed by atoms with Crippen LogP contribution >= 0.6 is 11.6 Å². The van der Waals surface area contributed by atoms with Crippen LogP contribution in [0.15, 0.2) is 30.7 Å². The molecule has 0 fully saturated rings. The van der Waals surface area contributed by atoms with E-state index in [0.29, 0.717) is 17.6 Å². The summed E-state index contributed by atoms with van der Waals surface area (Å²) in [5.74, 6) is 0.633. The predicted molar refractivity (Wildman–Crippen MR) is 70.7 cm³/mol. The van der Waals surface area contributed by atoms with Crippen molar-refractivity contribution in [1.82, 2.24) is 15.0 Å². The van der Waals surface area contributed by atoms with Crippen LogP contribution < -0.4 is 4.74 Å². The zero-order valence-electron chi connectivity index (χ0n) is 10.1. The fraction of sp³-hybridized carbons (Fsp3) is 0.308. The molecule has 0 aliphatic carbocycles. The third kappa shape index (κ3) is 3.40. The molecule has 2 aromatic rings. The number of hydrogen-bond donors (Lipinski definition) is 0. The largest absolute Gasteiger partial charge is 0.478 e. The summed E-state index contributed by atoms with van der Waals surface area (Å²) in [5.41, 5.74) is 1.63. The van der Waals surface area contributed by atoms with Crippen molar-refractivity contribution in [3.05, 3.63) is 35.9 Å². The molecule has 94 valence electrons. The molecule has 0 N–H and O–H groups in total. The lowest BCUT2D eigenvalue weighted by Gasteiger charge is -2.05. The van der Waals surface area contributed by atoms with Gasteiger partial charge in [0.2, 0.25) is 5.88 Å². The van der Waals surface area contributed by atoms with E-state index in [0.717, 1.165) is 24.1 Å². The summed E-state index contributed by atoms with van der Waals surface area (Å²) in [7, 11) is 0. The van der Waals surface area contributed by atoms with Gasteiger partial charge in [-0.2, -0.15) is 0 Å². The van der Waals surface area contributed by atoms with Crippen LogP contribution in [-0.4, -0.2) is 21.6 Å². The Kier molecular flexibility index (Phi) is 4.47. The number of rotatable bonds is 5. The number of unbranched alkanes of at least 4 members (excludes halogenated alkanes) is 1. The molecule has 0 saturated heterocycles. The first-order valence-electron chi connectivity index (χ1n) is 5.86. The highest BCUT2D eigenvalue weighted by Crippen LogP contribution is 2.18. The number of hydrogen-bond acceptors (Lipinski definition) is 4. The van der Waals surface area contributed by atoms with E-state index < -0.39 is 0 Å². The quantitative estimate of drug-likeness (QED) is 0.776. The van der Waals surface area contributed by atoms with Gasteiger partial charge in [-0.25, -0.2) is 9.97 Å². The van der Waals surface area contributed by atoms with E-state index in [1.54, 1.807) is 12.4 Å². The minimum absolute atomic E-state index is 0.381. The molecule has 2 aromatic heterocycles. The Bertz CT molecular complexity index is 485. The highest BCUT2D eigenvalue weighted by Gasteiger charge is 2.02. The summed E-state index contributed by atoms with van der Waals surface area (Å²) in [4.78, 5) is 12.4. The van der Waals surface area contributed by atoms with Gasteiger partial charge in [0.15, 0.2) is 0 Å². The molecule has 0 bridgehead atoms. The third-order valence-electron chi connectivity index (χ3n) is 2.40. The van der Waals surface area contributed by atoms with E-state index >= 15 is 0 Å². The maximum absolute atomic E-state index is 5.69. The molecule has 18 heavy (non-hydrogen) atoms. The monoisotopic (exact) mass is 263 g/mol. The van der Waals surface area contributed by atoms with Crippen molar-refractivity contribution < 1.29 is 4.74 Å². The van der Waals surface area contributed by atoms with Crippen LogP contribution in [-0.2, 0) is 0 Å². The van der Waals surface area contributed by atoms with Gasteiger partial charge in [0.05, 0.1) is 24.7 Å². The minimum Gasteiger partial charge on any atom is -0.478 e. The van der Waals surface area contributed by atoms with Crippen LogP contribution in [0.4, 0.5) is 0 Å². The van der Waals surface area contributed by atoms with E-state index in [1.165, 1.54) is 6.20 Å². The first-order valence-corrected chi connectivity index (χ1v) is 6.24.